The van der Waals surface area contributed by atoms with Gasteiger partial charge in [-0.3, -0.25) is 0 Å². The maximum atomic E-state index is 4.67. The summed E-state index contributed by atoms with van der Waals surface area (Å²) in [5.74, 6) is 1.75. The van der Waals surface area contributed by atoms with Crippen molar-refractivity contribution >= 4 is 45.3 Å². The van der Waals surface area contributed by atoms with Crippen LogP contribution < -0.4 is 10.6 Å². The van der Waals surface area contributed by atoms with Gasteiger partial charge in [0.1, 0.15) is 5.82 Å². The molecule has 2 saturated carbocycles. The Morgan fingerprint density at radius 2 is 1.74 bits per heavy atom. The van der Waals surface area contributed by atoms with Crippen LogP contribution in [0.2, 0.25) is 0 Å². The van der Waals surface area contributed by atoms with E-state index >= 15 is 0 Å². The normalized spacial score (nSPS) is 18.6. The van der Waals surface area contributed by atoms with E-state index in [1.54, 1.807) is 0 Å². The first kappa shape index (κ1) is 11.7. The maximum absolute atomic E-state index is 4.67. The molecule has 0 unspecified atom stereocenters. The molecule has 0 saturated heterocycles. The second kappa shape index (κ2) is 4.47. The van der Waals surface area contributed by atoms with Gasteiger partial charge in [-0.2, -0.15) is 4.98 Å². The van der Waals surface area contributed by atoms with E-state index < -0.39 is 0 Å². The van der Waals surface area contributed by atoms with E-state index in [0.717, 1.165) is 22.7 Å². The van der Waals surface area contributed by atoms with E-state index in [4.69, 9.17) is 0 Å². The van der Waals surface area contributed by atoms with Crippen LogP contribution in [0.25, 0.3) is 10.9 Å². The Labute approximate surface area is 125 Å². The Balaban J connectivity index is 1.81. The van der Waals surface area contributed by atoms with Gasteiger partial charge in [0, 0.05) is 21.0 Å². The molecule has 1 aromatic heterocycles. The highest BCUT2D eigenvalue weighted by molar-refractivity contribution is 14.1. The first-order chi connectivity index (χ1) is 9.29. The minimum absolute atomic E-state index is 0.576. The largest absolute Gasteiger partial charge is 0.367 e. The Hall–Kier alpha value is -1.11. The van der Waals surface area contributed by atoms with Gasteiger partial charge in [0.2, 0.25) is 5.95 Å². The van der Waals surface area contributed by atoms with Crippen LogP contribution in [0.1, 0.15) is 25.7 Å². The Morgan fingerprint density at radius 3 is 2.47 bits per heavy atom. The van der Waals surface area contributed by atoms with Crippen molar-refractivity contribution in [1.82, 2.24) is 9.97 Å². The zero-order valence-electron chi connectivity index (χ0n) is 10.5. The summed E-state index contributed by atoms with van der Waals surface area (Å²) < 4.78 is 1.18. The van der Waals surface area contributed by atoms with Crippen molar-refractivity contribution in [1.29, 1.82) is 0 Å². The third-order valence-corrected chi connectivity index (χ3v) is 4.38. The number of hydrogen-bond acceptors (Lipinski definition) is 4. The molecule has 5 heteroatoms. The fourth-order valence-corrected chi connectivity index (χ4v) is 2.74. The highest BCUT2D eigenvalue weighted by Gasteiger charge is 2.25. The summed E-state index contributed by atoms with van der Waals surface area (Å²) in [7, 11) is 0. The maximum Gasteiger partial charge on any atom is 0.225 e. The molecule has 2 fully saturated rings. The second-order valence-corrected chi connectivity index (χ2v) is 6.53. The molecule has 2 aliphatic rings. The summed E-state index contributed by atoms with van der Waals surface area (Å²) in [4.78, 5) is 9.34. The molecule has 0 atom stereocenters. The predicted molar refractivity (Wildman–Crippen MR) is 85.5 cm³/mol. The molecule has 0 bridgehead atoms. The number of fused-ring (bicyclic) bond motifs is 1. The molecule has 2 aromatic rings. The highest BCUT2D eigenvalue weighted by Crippen LogP contribution is 2.31. The molecular weight excluding hydrogens is 351 g/mol. The number of halogens is 1. The van der Waals surface area contributed by atoms with E-state index in [0.29, 0.717) is 12.1 Å². The molecule has 0 amide bonds. The number of rotatable bonds is 4. The lowest BCUT2D eigenvalue weighted by Gasteiger charge is -2.11. The average Bonchev–Trinajstić information content (AvgIpc) is 3.26. The average molecular weight is 366 g/mol. The molecule has 98 valence electrons. The lowest BCUT2D eigenvalue weighted by atomic mass is 10.2. The number of nitrogens with one attached hydrogen (secondary N) is 2. The molecule has 2 aliphatic carbocycles. The Morgan fingerprint density at radius 1 is 1.00 bits per heavy atom. The topological polar surface area (TPSA) is 49.8 Å². The number of nitrogens with zero attached hydrogens (tertiary/aromatic N) is 2. The molecule has 0 aliphatic heterocycles. The smallest absolute Gasteiger partial charge is 0.225 e. The van der Waals surface area contributed by atoms with Gasteiger partial charge in [0.05, 0.1) is 5.52 Å². The van der Waals surface area contributed by atoms with Crippen molar-refractivity contribution in [2.75, 3.05) is 10.6 Å². The van der Waals surface area contributed by atoms with Crippen LogP contribution in [0.4, 0.5) is 11.8 Å². The molecule has 4 rings (SSSR count). The summed E-state index contributed by atoms with van der Waals surface area (Å²) >= 11 is 2.34. The van der Waals surface area contributed by atoms with Crippen molar-refractivity contribution in [2.24, 2.45) is 0 Å². The number of para-hydroxylation sites is 1. The number of benzene rings is 1. The molecule has 19 heavy (non-hydrogen) atoms. The van der Waals surface area contributed by atoms with Gasteiger partial charge in [-0.1, -0.05) is 6.07 Å². The summed E-state index contributed by atoms with van der Waals surface area (Å²) in [6.45, 7) is 0. The minimum atomic E-state index is 0.576. The second-order valence-electron chi connectivity index (χ2n) is 5.37. The van der Waals surface area contributed by atoms with Crippen LogP contribution in [0, 0.1) is 3.57 Å². The van der Waals surface area contributed by atoms with E-state index in [9.17, 15) is 0 Å². The Kier molecular flexibility index (Phi) is 2.75. The quantitative estimate of drug-likeness (QED) is 0.815. The predicted octanol–water partition coefficient (Wildman–Crippen LogP) is 3.38. The SMILES string of the molecule is Ic1cccc2c(NC3CC3)nc(NC3CC3)nc12. The third-order valence-electron chi connectivity index (χ3n) is 3.51. The first-order valence-corrected chi connectivity index (χ1v) is 7.87. The lowest BCUT2D eigenvalue weighted by molar-refractivity contribution is 1.05. The van der Waals surface area contributed by atoms with E-state index in [-0.39, 0.29) is 0 Å². The van der Waals surface area contributed by atoms with Gasteiger partial charge < -0.3 is 10.6 Å². The molecule has 0 radical (unpaired) electrons. The fourth-order valence-electron chi connectivity index (χ4n) is 2.12. The third kappa shape index (κ3) is 2.48. The van der Waals surface area contributed by atoms with Gasteiger partial charge in [-0.25, -0.2) is 4.98 Å². The lowest BCUT2D eigenvalue weighted by Crippen LogP contribution is -2.10. The molecule has 2 N–H and O–H groups in total. The van der Waals surface area contributed by atoms with Gasteiger partial charge in [-0.15, -0.1) is 0 Å². The summed E-state index contributed by atoms with van der Waals surface area (Å²) in [5.41, 5.74) is 1.05. The van der Waals surface area contributed by atoms with Gasteiger partial charge in [0.25, 0.3) is 0 Å². The van der Waals surface area contributed by atoms with Crippen molar-refractivity contribution in [3.63, 3.8) is 0 Å². The van der Waals surface area contributed by atoms with Crippen LogP contribution in [0.15, 0.2) is 18.2 Å². The van der Waals surface area contributed by atoms with Crippen LogP contribution in [-0.2, 0) is 0 Å². The number of aromatic nitrogens is 2. The first-order valence-electron chi connectivity index (χ1n) is 6.79. The van der Waals surface area contributed by atoms with Gasteiger partial charge >= 0.3 is 0 Å². The van der Waals surface area contributed by atoms with Crippen molar-refractivity contribution in [2.45, 2.75) is 37.8 Å². The number of hydrogen-bond donors (Lipinski definition) is 2. The van der Waals surface area contributed by atoms with Crippen LogP contribution in [-0.4, -0.2) is 22.1 Å². The van der Waals surface area contributed by atoms with Crippen LogP contribution in [0.3, 0.4) is 0 Å². The van der Waals surface area contributed by atoms with Crippen molar-refractivity contribution < 1.29 is 0 Å². The molecule has 4 nitrogen and oxygen atoms in total. The zero-order chi connectivity index (χ0) is 12.8. The van der Waals surface area contributed by atoms with E-state index in [1.807, 2.05) is 0 Å². The number of anilines is 2. The monoisotopic (exact) mass is 366 g/mol. The van der Waals surface area contributed by atoms with Crippen LogP contribution in [0.5, 0.6) is 0 Å². The van der Waals surface area contributed by atoms with Crippen molar-refractivity contribution in [3.05, 3.63) is 21.8 Å². The zero-order valence-corrected chi connectivity index (χ0v) is 12.6. The van der Waals surface area contributed by atoms with Crippen molar-refractivity contribution in [3.8, 4) is 0 Å². The van der Waals surface area contributed by atoms with Gasteiger partial charge in [0.15, 0.2) is 0 Å². The van der Waals surface area contributed by atoms with Gasteiger partial charge in [-0.05, 0) is 60.4 Å². The summed E-state index contributed by atoms with van der Waals surface area (Å²) in [6, 6.07) is 7.44. The molecule has 1 aromatic carbocycles. The minimum Gasteiger partial charge on any atom is -0.367 e. The summed E-state index contributed by atoms with van der Waals surface area (Å²) in [6.07, 6.45) is 4.97. The molecule has 1 heterocycles. The fraction of sp³-hybridized carbons (Fsp3) is 0.429. The highest BCUT2D eigenvalue weighted by atomic mass is 127. The Bertz CT molecular complexity index is 635. The van der Waals surface area contributed by atoms with Crippen LogP contribution >= 0.6 is 22.6 Å². The standard InChI is InChI=1S/C14H15IN4/c15-11-3-1-2-10-12(11)18-14(17-9-6-7-9)19-13(10)16-8-4-5-8/h1-3,8-9H,4-7H2,(H2,16,17,18,19). The van der Waals surface area contributed by atoms with E-state index in [1.165, 1.54) is 29.3 Å². The summed E-state index contributed by atoms with van der Waals surface area (Å²) in [5, 5.41) is 8.05. The molecule has 0 spiro atoms. The molecular formula is C14H15IN4. The van der Waals surface area contributed by atoms with E-state index in [2.05, 4.69) is 61.4 Å².